The number of carbonyl (C=O) groups is 1. The van der Waals surface area contributed by atoms with Gasteiger partial charge in [0.15, 0.2) is 0 Å². The number of nitrogens with zero attached hydrogens (tertiary/aromatic N) is 3. The van der Waals surface area contributed by atoms with E-state index in [1.165, 1.54) is 0 Å². The van der Waals surface area contributed by atoms with E-state index in [1.807, 2.05) is 68.1 Å². The molecule has 2 heterocycles. The molecule has 0 aliphatic heterocycles. The van der Waals surface area contributed by atoms with Gasteiger partial charge in [0.2, 0.25) is 5.91 Å². The van der Waals surface area contributed by atoms with Gasteiger partial charge in [-0.3, -0.25) is 9.78 Å². The highest BCUT2D eigenvalue weighted by Crippen LogP contribution is 2.28. The normalized spacial score (nSPS) is 12.0. The van der Waals surface area contributed by atoms with E-state index in [-0.39, 0.29) is 11.8 Å². The van der Waals surface area contributed by atoms with Gasteiger partial charge in [0, 0.05) is 30.1 Å². The highest BCUT2D eigenvalue weighted by Gasteiger charge is 2.23. The molecule has 0 N–H and O–H groups in total. The van der Waals surface area contributed by atoms with Gasteiger partial charge in [-0.1, -0.05) is 42.4 Å². The number of benzene rings is 1. The second-order valence-electron chi connectivity index (χ2n) is 6.51. The fourth-order valence-corrected chi connectivity index (χ4v) is 3.28. The SMILES string of the molecule is Cc1noc(C)c1C(C)CC(=O)N(Cc1ccccc1)c1ccncc1. The smallest absolute Gasteiger partial charge is 0.227 e. The average molecular weight is 349 g/mol. The first-order valence-electron chi connectivity index (χ1n) is 8.73. The molecule has 0 spiro atoms. The monoisotopic (exact) mass is 349 g/mol. The molecular weight excluding hydrogens is 326 g/mol. The Labute approximate surface area is 153 Å². The largest absolute Gasteiger partial charge is 0.361 e. The van der Waals surface area contributed by atoms with Crippen LogP contribution in [0.5, 0.6) is 0 Å². The van der Waals surface area contributed by atoms with Crippen molar-refractivity contribution in [2.45, 2.75) is 39.7 Å². The molecule has 0 saturated carbocycles. The fraction of sp³-hybridized carbons (Fsp3) is 0.286. The maximum atomic E-state index is 13.1. The molecular formula is C21H23N3O2. The molecule has 5 heteroatoms. The van der Waals surface area contributed by atoms with Gasteiger partial charge in [-0.05, 0) is 37.5 Å². The molecule has 0 radical (unpaired) electrons. The van der Waals surface area contributed by atoms with E-state index in [0.717, 1.165) is 28.3 Å². The van der Waals surface area contributed by atoms with Gasteiger partial charge in [0.1, 0.15) is 5.76 Å². The number of anilines is 1. The average Bonchev–Trinajstić information content (AvgIpc) is 2.99. The number of hydrogen-bond donors (Lipinski definition) is 0. The lowest BCUT2D eigenvalue weighted by Crippen LogP contribution is -2.31. The van der Waals surface area contributed by atoms with Gasteiger partial charge in [0.05, 0.1) is 12.2 Å². The van der Waals surface area contributed by atoms with Crippen molar-refractivity contribution >= 4 is 11.6 Å². The summed E-state index contributed by atoms with van der Waals surface area (Å²) in [5.41, 5.74) is 3.80. The summed E-state index contributed by atoms with van der Waals surface area (Å²) >= 11 is 0. The molecule has 2 aromatic heterocycles. The van der Waals surface area contributed by atoms with E-state index >= 15 is 0 Å². The summed E-state index contributed by atoms with van der Waals surface area (Å²) in [5.74, 6) is 0.878. The molecule has 134 valence electrons. The predicted molar refractivity (Wildman–Crippen MR) is 101 cm³/mol. The van der Waals surface area contributed by atoms with Crippen LogP contribution in [0.15, 0.2) is 59.4 Å². The Hall–Kier alpha value is -2.95. The minimum absolute atomic E-state index is 0.0360. The molecule has 0 aliphatic carbocycles. The van der Waals surface area contributed by atoms with E-state index in [0.29, 0.717) is 13.0 Å². The van der Waals surface area contributed by atoms with Crippen molar-refractivity contribution in [2.24, 2.45) is 0 Å². The first-order chi connectivity index (χ1) is 12.6. The third kappa shape index (κ3) is 3.99. The Morgan fingerprint density at radius 3 is 2.42 bits per heavy atom. The van der Waals surface area contributed by atoms with Gasteiger partial charge >= 0.3 is 0 Å². The summed E-state index contributed by atoms with van der Waals surface area (Å²) in [4.78, 5) is 19.0. The zero-order valence-corrected chi connectivity index (χ0v) is 15.3. The summed E-state index contributed by atoms with van der Waals surface area (Å²) in [6.07, 6.45) is 3.80. The van der Waals surface area contributed by atoms with Gasteiger partial charge in [-0.2, -0.15) is 0 Å². The standard InChI is InChI=1S/C21H23N3O2/c1-15(21-16(2)23-26-17(21)3)13-20(25)24(19-9-11-22-12-10-19)14-18-7-5-4-6-8-18/h4-12,15H,13-14H2,1-3H3. The zero-order valence-electron chi connectivity index (χ0n) is 15.3. The van der Waals surface area contributed by atoms with Crippen LogP contribution in [-0.4, -0.2) is 16.0 Å². The van der Waals surface area contributed by atoms with E-state index in [9.17, 15) is 4.79 Å². The van der Waals surface area contributed by atoms with Crippen LogP contribution in [0.2, 0.25) is 0 Å². The molecule has 3 rings (SSSR count). The molecule has 1 unspecified atom stereocenters. The Kier molecular flexibility index (Phi) is 5.46. The summed E-state index contributed by atoms with van der Waals surface area (Å²) in [7, 11) is 0. The van der Waals surface area contributed by atoms with E-state index < -0.39 is 0 Å². The summed E-state index contributed by atoms with van der Waals surface area (Å²) in [6.45, 7) is 6.37. The molecule has 26 heavy (non-hydrogen) atoms. The number of carbonyl (C=O) groups excluding carboxylic acids is 1. The molecule has 0 aliphatic rings. The minimum atomic E-state index is 0.0360. The zero-order chi connectivity index (χ0) is 18.5. The van der Waals surface area contributed by atoms with E-state index in [2.05, 4.69) is 10.1 Å². The molecule has 5 nitrogen and oxygen atoms in total. The number of pyridine rings is 1. The topological polar surface area (TPSA) is 59.2 Å². The van der Waals surface area contributed by atoms with Crippen LogP contribution < -0.4 is 4.90 Å². The van der Waals surface area contributed by atoms with Gasteiger partial charge < -0.3 is 9.42 Å². The first-order valence-corrected chi connectivity index (χ1v) is 8.73. The van der Waals surface area contributed by atoms with Crippen molar-refractivity contribution in [3.63, 3.8) is 0 Å². The van der Waals surface area contributed by atoms with Crippen LogP contribution in [-0.2, 0) is 11.3 Å². The number of aromatic nitrogens is 2. The molecule has 3 aromatic rings. The van der Waals surface area contributed by atoms with Crippen molar-refractivity contribution < 1.29 is 9.32 Å². The van der Waals surface area contributed by atoms with E-state index in [1.54, 1.807) is 12.4 Å². The minimum Gasteiger partial charge on any atom is -0.361 e. The Bertz CT molecular complexity index is 840. The molecule has 1 aromatic carbocycles. The number of hydrogen-bond acceptors (Lipinski definition) is 4. The molecule has 1 amide bonds. The number of rotatable bonds is 6. The molecule has 0 saturated heterocycles. The molecule has 0 bridgehead atoms. The van der Waals surface area contributed by atoms with Crippen LogP contribution in [0.1, 0.15) is 41.8 Å². The number of aryl methyl sites for hydroxylation is 2. The summed E-state index contributed by atoms with van der Waals surface area (Å²) < 4.78 is 5.26. The second-order valence-corrected chi connectivity index (χ2v) is 6.51. The van der Waals surface area contributed by atoms with Crippen molar-refractivity contribution in [3.05, 3.63) is 77.4 Å². The van der Waals surface area contributed by atoms with Crippen LogP contribution in [0.25, 0.3) is 0 Å². The van der Waals surface area contributed by atoms with Crippen LogP contribution in [0.4, 0.5) is 5.69 Å². The van der Waals surface area contributed by atoms with Gasteiger partial charge in [-0.25, -0.2) is 0 Å². The molecule has 0 fully saturated rings. The Morgan fingerprint density at radius 1 is 1.12 bits per heavy atom. The van der Waals surface area contributed by atoms with Crippen LogP contribution in [0.3, 0.4) is 0 Å². The summed E-state index contributed by atoms with van der Waals surface area (Å²) in [6, 6.07) is 13.7. The highest BCUT2D eigenvalue weighted by molar-refractivity contribution is 5.93. The Balaban J connectivity index is 1.83. The second kappa shape index (κ2) is 7.95. The van der Waals surface area contributed by atoms with Gasteiger partial charge in [-0.15, -0.1) is 0 Å². The maximum Gasteiger partial charge on any atom is 0.227 e. The number of amides is 1. The van der Waals surface area contributed by atoms with Crippen LogP contribution >= 0.6 is 0 Å². The lowest BCUT2D eigenvalue weighted by Gasteiger charge is -2.24. The highest BCUT2D eigenvalue weighted by atomic mass is 16.5. The van der Waals surface area contributed by atoms with Crippen LogP contribution in [0, 0.1) is 13.8 Å². The quantitative estimate of drug-likeness (QED) is 0.661. The third-order valence-corrected chi connectivity index (χ3v) is 4.52. The van der Waals surface area contributed by atoms with Crippen molar-refractivity contribution in [1.29, 1.82) is 0 Å². The van der Waals surface area contributed by atoms with Gasteiger partial charge in [0.25, 0.3) is 0 Å². The lowest BCUT2D eigenvalue weighted by molar-refractivity contribution is -0.119. The Morgan fingerprint density at radius 2 is 1.81 bits per heavy atom. The lowest BCUT2D eigenvalue weighted by atomic mass is 9.95. The van der Waals surface area contributed by atoms with Crippen molar-refractivity contribution in [2.75, 3.05) is 4.90 Å². The maximum absolute atomic E-state index is 13.1. The van der Waals surface area contributed by atoms with Crippen molar-refractivity contribution in [1.82, 2.24) is 10.1 Å². The summed E-state index contributed by atoms with van der Waals surface area (Å²) in [5, 5.41) is 4.01. The predicted octanol–water partition coefficient (Wildman–Crippen LogP) is 4.41. The van der Waals surface area contributed by atoms with Crippen molar-refractivity contribution in [3.8, 4) is 0 Å². The fourth-order valence-electron chi connectivity index (χ4n) is 3.28. The van der Waals surface area contributed by atoms with E-state index in [4.69, 9.17) is 4.52 Å². The third-order valence-electron chi connectivity index (χ3n) is 4.52. The molecule has 1 atom stereocenters. The first kappa shape index (κ1) is 17.9.